The third-order valence-corrected chi connectivity index (χ3v) is 4.40. The van der Waals surface area contributed by atoms with Crippen LogP contribution in [0.2, 0.25) is 0 Å². The molecular weight excluding hydrogens is 244 g/mol. The highest BCUT2D eigenvalue weighted by atomic mass is 16.5. The summed E-state index contributed by atoms with van der Waals surface area (Å²) < 4.78 is 5.27. The van der Waals surface area contributed by atoms with Crippen LogP contribution in [0.25, 0.3) is 0 Å². The molecule has 3 atom stereocenters. The van der Waals surface area contributed by atoms with E-state index in [-0.39, 0.29) is 17.5 Å². The molecule has 0 spiro atoms. The van der Waals surface area contributed by atoms with E-state index in [1.165, 1.54) is 0 Å². The monoisotopic (exact) mass is 266 g/mol. The van der Waals surface area contributed by atoms with Gasteiger partial charge >= 0.3 is 12.1 Å². The third kappa shape index (κ3) is 3.13. The highest BCUT2D eigenvalue weighted by Gasteiger charge is 2.67. The maximum atomic E-state index is 12.1. The lowest BCUT2D eigenvalue weighted by atomic mass is 9.96. The fourth-order valence-electron chi connectivity index (χ4n) is 3.55. The fourth-order valence-corrected chi connectivity index (χ4v) is 3.55. The molecule has 2 rings (SSSR count). The molecule has 2 aliphatic carbocycles. The van der Waals surface area contributed by atoms with Crippen LogP contribution < -0.4 is 0 Å². The summed E-state index contributed by atoms with van der Waals surface area (Å²) in [6.07, 6.45) is 10.3. The molecule has 2 aliphatic rings. The molecule has 1 unspecified atom stereocenters. The first-order chi connectivity index (χ1) is 9.18. The van der Waals surface area contributed by atoms with Gasteiger partial charge in [0, 0.05) is 0 Å². The Kier molecular flexibility index (Phi) is 5.97. The van der Waals surface area contributed by atoms with Gasteiger partial charge < -0.3 is 4.74 Å². The van der Waals surface area contributed by atoms with Gasteiger partial charge in [-0.05, 0) is 50.9 Å². The van der Waals surface area contributed by atoms with Crippen molar-refractivity contribution in [3.63, 3.8) is 0 Å². The van der Waals surface area contributed by atoms with E-state index in [0.717, 1.165) is 32.1 Å². The second-order valence-electron chi connectivity index (χ2n) is 5.04. The maximum absolute atomic E-state index is 12.1. The Morgan fingerprint density at radius 3 is 2.05 bits per heavy atom. The predicted octanol–water partition coefficient (Wildman–Crippen LogP) is 2.74. The average Bonchev–Trinajstić information content (AvgIpc) is 2.96. The Hall–Kier alpha value is -1.41. The van der Waals surface area contributed by atoms with E-state index < -0.39 is 0 Å². The molecule has 19 heavy (non-hydrogen) atoms. The zero-order chi connectivity index (χ0) is 14.3. The second kappa shape index (κ2) is 7.25. The molecule has 0 saturated heterocycles. The van der Waals surface area contributed by atoms with Gasteiger partial charge in [0.2, 0.25) is 0 Å². The number of allylic oxidation sites excluding steroid dienone is 2. The first-order valence-electron chi connectivity index (χ1n) is 7.00. The van der Waals surface area contributed by atoms with Crippen molar-refractivity contribution in [2.75, 3.05) is 6.61 Å². The van der Waals surface area contributed by atoms with Gasteiger partial charge in [0.15, 0.2) is 0 Å². The van der Waals surface area contributed by atoms with Crippen molar-refractivity contribution in [3.05, 3.63) is 12.2 Å². The summed E-state index contributed by atoms with van der Waals surface area (Å²) in [5.74, 6) is 1.23. The Balaban J connectivity index is 0.000000550. The molecule has 1 saturated carbocycles. The van der Waals surface area contributed by atoms with E-state index in [2.05, 4.69) is 19.1 Å². The zero-order valence-corrected chi connectivity index (χ0v) is 11.7. The van der Waals surface area contributed by atoms with Crippen molar-refractivity contribution in [2.45, 2.75) is 46.0 Å². The fraction of sp³-hybridized carbons (Fsp3) is 0.733. The molecule has 0 heterocycles. The van der Waals surface area contributed by atoms with E-state index in [4.69, 9.17) is 14.3 Å². The van der Waals surface area contributed by atoms with E-state index >= 15 is 0 Å². The normalized spacial score (nSPS) is 33.4. The first kappa shape index (κ1) is 15.6. The smallest absolute Gasteiger partial charge is 0.373 e. The molecule has 4 heteroatoms. The predicted molar refractivity (Wildman–Crippen MR) is 69.0 cm³/mol. The van der Waals surface area contributed by atoms with Crippen molar-refractivity contribution in [3.8, 4) is 0 Å². The number of hydrogen-bond acceptors (Lipinski definition) is 4. The average molecular weight is 266 g/mol. The summed E-state index contributed by atoms with van der Waals surface area (Å²) in [5, 5.41) is 0. The van der Waals surface area contributed by atoms with Crippen LogP contribution in [0.5, 0.6) is 0 Å². The lowest BCUT2D eigenvalue weighted by molar-refractivity contribution is -0.191. The lowest BCUT2D eigenvalue weighted by Crippen LogP contribution is -2.22. The SMILES string of the molecule is CCOC(=O)C1(CC)[C@@H]2CC/C=C\CC[C@@H]21.O=C=O. The van der Waals surface area contributed by atoms with Crippen molar-refractivity contribution in [2.24, 2.45) is 17.3 Å². The second-order valence-corrected chi connectivity index (χ2v) is 5.04. The van der Waals surface area contributed by atoms with Gasteiger partial charge in [0.25, 0.3) is 0 Å². The van der Waals surface area contributed by atoms with Crippen LogP contribution in [0.15, 0.2) is 12.2 Å². The van der Waals surface area contributed by atoms with Crippen LogP contribution in [0.1, 0.15) is 46.0 Å². The first-order valence-corrected chi connectivity index (χ1v) is 7.00. The number of hydrogen-bond donors (Lipinski definition) is 0. The van der Waals surface area contributed by atoms with Gasteiger partial charge in [0.1, 0.15) is 0 Å². The van der Waals surface area contributed by atoms with Gasteiger partial charge in [-0.15, -0.1) is 0 Å². The van der Waals surface area contributed by atoms with Crippen molar-refractivity contribution in [1.29, 1.82) is 0 Å². The molecule has 0 aliphatic heterocycles. The van der Waals surface area contributed by atoms with Gasteiger partial charge in [-0.2, -0.15) is 9.59 Å². The van der Waals surface area contributed by atoms with Crippen LogP contribution in [-0.2, 0) is 19.1 Å². The standard InChI is InChI=1S/C14H22O2.CO2/c1-3-14(13(15)16-4-2)11-9-7-5-6-8-10-12(11)14;2-1-3/h5-6,11-12H,3-4,7-10H2,1-2H3;/b6-5-;/t11-,12+,14?;. The van der Waals surface area contributed by atoms with Crippen LogP contribution in [-0.4, -0.2) is 18.7 Å². The zero-order valence-electron chi connectivity index (χ0n) is 11.7. The summed E-state index contributed by atoms with van der Waals surface area (Å²) in [5.41, 5.74) is -0.123. The van der Waals surface area contributed by atoms with Crippen LogP contribution in [0.4, 0.5) is 0 Å². The van der Waals surface area contributed by atoms with E-state index in [1.807, 2.05) is 6.92 Å². The molecule has 0 aromatic rings. The van der Waals surface area contributed by atoms with E-state index in [9.17, 15) is 4.79 Å². The lowest BCUT2D eigenvalue weighted by Gasteiger charge is -2.14. The maximum Gasteiger partial charge on any atom is 0.373 e. The van der Waals surface area contributed by atoms with Crippen LogP contribution in [0, 0.1) is 17.3 Å². The Morgan fingerprint density at radius 2 is 1.68 bits per heavy atom. The summed E-state index contributed by atoms with van der Waals surface area (Å²) >= 11 is 0. The van der Waals surface area contributed by atoms with Crippen molar-refractivity contribution < 1.29 is 19.1 Å². The molecule has 0 bridgehead atoms. The van der Waals surface area contributed by atoms with Gasteiger partial charge in [0.05, 0.1) is 12.0 Å². The highest BCUT2D eigenvalue weighted by molar-refractivity contribution is 5.81. The minimum absolute atomic E-state index is 0.0643. The number of ether oxygens (including phenoxy) is 1. The molecule has 106 valence electrons. The van der Waals surface area contributed by atoms with Crippen molar-refractivity contribution >= 4 is 12.1 Å². The molecule has 0 radical (unpaired) electrons. The van der Waals surface area contributed by atoms with Crippen LogP contribution in [0.3, 0.4) is 0 Å². The number of rotatable bonds is 3. The molecule has 0 N–H and O–H groups in total. The summed E-state index contributed by atoms with van der Waals surface area (Å²) in [7, 11) is 0. The summed E-state index contributed by atoms with van der Waals surface area (Å²) in [6.45, 7) is 4.54. The number of fused-ring (bicyclic) bond motifs is 1. The van der Waals surface area contributed by atoms with E-state index in [0.29, 0.717) is 18.4 Å². The minimum atomic E-state index is -0.123. The number of carbonyl (C=O) groups is 1. The van der Waals surface area contributed by atoms with Gasteiger partial charge in [-0.3, -0.25) is 4.79 Å². The number of carbonyl (C=O) groups excluding carboxylic acids is 3. The van der Waals surface area contributed by atoms with Crippen LogP contribution >= 0.6 is 0 Å². The quantitative estimate of drug-likeness (QED) is 0.582. The molecular formula is C15H22O4. The number of esters is 1. The van der Waals surface area contributed by atoms with Gasteiger partial charge in [-0.25, -0.2) is 0 Å². The summed E-state index contributed by atoms with van der Waals surface area (Å²) in [4.78, 5) is 28.4. The topological polar surface area (TPSA) is 60.4 Å². The molecule has 4 nitrogen and oxygen atoms in total. The Bertz CT molecular complexity index is 350. The minimum Gasteiger partial charge on any atom is -0.466 e. The third-order valence-electron chi connectivity index (χ3n) is 4.40. The van der Waals surface area contributed by atoms with E-state index in [1.54, 1.807) is 0 Å². The van der Waals surface area contributed by atoms with Crippen molar-refractivity contribution in [1.82, 2.24) is 0 Å². The summed E-state index contributed by atoms with van der Waals surface area (Å²) in [6, 6.07) is 0. The molecule has 0 aromatic carbocycles. The Labute approximate surface area is 114 Å². The van der Waals surface area contributed by atoms with Gasteiger partial charge in [-0.1, -0.05) is 19.1 Å². The highest BCUT2D eigenvalue weighted by Crippen LogP contribution is 2.66. The molecule has 0 aromatic heterocycles. The Morgan fingerprint density at radius 1 is 1.21 bits per heavy atom. The molecule has 1 fully saturated rings. The largest absolute Gasteiger partial charge is 0.466 e. The molecule has 0 amide bonds.